The SMILES string of the molecule is C=C(CC(=O)OC(C)CCCCCC)C(=O)O. The standard InChI is InChI=1S/C13H22O4/c1-4-5-6-7-8-11(3)17-12(14)9-10(2)13(15)16/h11H,2,4-9H2,1,3H3,(H,15,16). The van der Waals surface area contributed by atoms with E-state index in [9.17, 15) is 9.59 Å². The van der Waals surface area contributed by atoms with E-state index < -0.39 is 11.9 Å². The molecule has 0 aromatic rings. The molecule has 0 aliphatic carbocycles. The van der Waals surface area contributed by atoms with Crippen LogP contribution < -0.4 is 0 Å². The molecule has 0 aromatic carbocycles. The van der Waals surface area contributed by atoms with Crippen LogP contribution in [0.5, 0.6) is 0 Å². The monoisotopic (exact) mass is 242 g/mol. The fourth-order valence-electron chi connectivity index (χ4n) is 1.43. The van der Waals surface area contributed by atoms with Crippen molar-refractivity contribution >= 4 is 11.9 Å². The van der Waals surface area contributed by atoms with Gasteiger partial charge < -0.3 is 9.84 Å². The number of hydrogen-bond donors (Lipinski definition) is 1. The zero-order valence-corrected chi connectivity index (χ0v) is 10.7. The predicted octanol–water partition coefficient (Wildman–Crippen LogP) is 2.92. The van der Waals surface area contributed by atoms with Crippen LogP contribution in [-0.4, -0.2) is 23.1 Å². The Kier molecular flexibility index (Phi) is 8.11. The Morgan fingerprint density at radius 2 is 1.94 bits per heavy atom. The van der Waals surface area contributed by atoms with Crippen molar-refractivity contribution < 1.29 is 19.4 Å². The molecule has 17 heavy (non-hydrogen) atoms. The molecule has 0 fully saturated rings. The normalized spacial score (nSPS) is 11.9. The van der Waals surface area contributed by atoms with Gasteiger partial charge in [-0.3, -0.25) is 4.79 Å². The second kappa shape index (κ2) is 8.79. The van der Waals surface area contributed by atoms with E-state index in [0.717, 1.165) is 19.3 Å². The quantitative estimate of drug-likeness (QED) is 0.383. The molecule has 98 valence electrons. The van der Waals surface area contributed by atoms with Crippen molar-refractivity contribution in [2.75, 3.05) is 0 Å². The van der Waals surface area contributed by atoms with Gasteiger partial charge in [-0.05, 0) is 19.8 Å². The highest BCUT2D eigenvalue weighted by Gasteiger charge is 2.14. The van der Waals surface area contributed by atoms with Gasteiger partial charge >= 0.3 is 11.9 Å². The van der Waals surface area contributed by atoms with Crippen LogP contribution in [0.2, 0.25) is 0 Å². The largest absolute Gasteiger partial charge is 0.478 e. The zero-order chi connectivity index (χ0) is 13.3. The van der Waals surface area contributed by atoms with Crippen molar-refractivity contribution in [2.45, 2.75) is 58.5 Å². The maximum Gasteiger partial charge on any atom is 0.331 e. The maximum atomic E-state index is 11.3. The molecule has 0 spiro atoms. The molecule has 0 heterocycles. The van der Waals surface area contributed by atoms with Gasteiger partial charge in [-0.15, -0.1) is 0 Å². The van der Waals surface area contributed by atoms with Crippen molar-refractivity contribution in [3.05, 3.63) is 12.2 Å². The Balaban J connectivity index is 3.72. The highest BCUT2D eigenvalue weighted by atomic mass is 16.5. The Morgan fingerprint density at radius 3 is 2.47 bits per heavy atom. The predicted molar refractivity (Wildman–Crippen MR) is 65.7 cm³/mol. The van der Waals surface area contributed by atoms with E-state index in [2.05, 4.69) is 13.5 Å². The van der Waals surface area contributed by atoms with Gasteiger partial charge in [0.05, 0.1) is 12.5 Å². The second-order valence-corrected chi connectivity index (χ2v) is 4.24. The number of carboxylic acids is 1. The van der Waals surface area contributed by atoms with Crippen molar-refractivity contribution in [3.8, 4) is 0 Å². The van der Waals surface area contributed by atoms with E-state index in [1.54, 1.807) is 0 Å². The summed E-state index contributed by atoms with van der Waals surface area (Å²) >= 11 is 0. The van der Waals surface area contributed by atoms with E-state index in [-0.39, 0.29) is 18.1 Å². The van der Waals surface area contributed by atoms with Crippen LogP contribution in [0.4, 0.5) is 0 Å². The lowest BCUT2D eigenvalue weighted by Gasteiger charge is -2.12. The topological polar surface area (TPSA) is 63.6 Å². The summed E-state index contributed by atoms with van der Waals surface area (Å²) in [6.45, 7) is 7.25. The first-order valence-corrected chi connectivity index (χ1v) is 6.08. The first kappa shape index (κ1) is 15.7. The summed E-state index contributed by atoms with van der Waals surface area (Å²) < 4.78 is 5.09. The van der Waals surface area contributed by atoms with Crippen molar-refractivity contribution in [3.63, 3.8) is 0 Å². The molecule has 0 bridgehead atoms. The van der Waals surface area contributed by atoms with Gasteiger partial charge in [-0.25, -0.2) is 4.79 Å². The molecular formula is C13H22O4. The molecule has 0 radical (unpaired) electrons. The highest BCUT2D eigenvalue weighted by Crippen LogP contribution is 2.10. The van der Waals surface area contributed by atoms with Gasteiger partial charge in [0.15, 0.2) is 0 Å². The highest BCUT2D eigenvalue weighted by molar-refractivity contribution is 5.91. The van der Waals surface area contributed by atoms with Gasteiger partial charge in [0.1, 0.15) is 0 Å². The van der Waals surface area contributed by atoms with Gasteiger partial charge in [-0.2, -0.15) is 0 Å². The smallest absolute Gasteiger partial charge is 0.331 e. The molecule has 0 saturated carbocycles. The minimum atomic E-state index is -1.16. The molecule has 0 aromatic heterocycles. The van der Waals surface area contributed by atoms with E-state index in [0.29, 0.717) is 0 Å². The zero-order valence-electron chi connectivity index (χ0n) is 10.7. The van der Waals surface area contributed by atoms with Crippen molar-refractivity contribution in [1.29, 1.82) is 0 Å². The third kappa shape index (κ3) is 8.48. The summed E-state index contributed by atoms with van der Waals surface area (Å²) in [4.78, 5) is 21.8. The van der Waals surface area contributed by atoms with Crippen LogP contribution in [-0.2, 0) is 14.3 Å². The van der Waals surface area contributed by atoms with Gasteiger partial charge in [0.25, 0.3) is 0 Å². The average Bonchev–Trinajstić information content (AvgIpc) is 2.24. The van der Waals surface area contributed by atoms with E-state index in [4.69, 9.17) is 9.84 Å². The molecule has 1 atom stereocenters. The van der Waals surface area contributed by atoms with Crippen molar-refractivity contribution in [2.24, 2.45) is 0 Å². The Labute approximate surface area is 103 Å². The van der Waals surface area contributed by atoms with Gasteiger partial charge in [0.2, 0.25) is 0 Å². The Bertz CT molecular complexity index is 271. The number of carbonyl (C=O) groups excluding carboxylic acids is 1. The lowest BCUT2D eigenvalue weighted by atomic mass is 10.1. The van der Waals surface area contributed by atoms with Crippen LogP contribution in [0, 0.1) is 0 Å². The van der Waals surface area contributed by atoms with E-state index in [1.165, 1.54) is 12.8 Å². The van der Waals surface area contributed by atoms with Crippen LogP contribution in [0.3, 0.4) is 0 Å². The number of aliphatic carboxylic acids is 1. The van der Waals surface area contributed by atoms with Crippen molar-refractivity contribution in [1.82, 2.24) is 0 Å². The molecule has 4 nitrogen and oxygen atoms in total. The van der Waals surface area contributed by atoms with Crippen LogP contribution in [0.25, 0.3) is 0 Å². The molecule has 0 amide bonds. The summed E-state index contributed by atoms with van der Waals surface area (Å²) in [5, 5.41) is 8.56. The lowest BCUT2D eigenvalue weighted by molar-refractivity contribution is -0.149. The summed E-state index contributed by atoms with van der Waals surface area (Å²) in [5.74, 6) is -1.67. The molecule has 1 unspecified atom stereocenters. The Morgan fingerprint density at radius 1 is 1.29 bits per heavy atom. The molecule has 1 N–H and O–H groups in total. The number of carboxylic acid groups (broad SMARTS) is 1. The molecule has 4 heteroatoms. The van der Waals surface area contributed by atoms with Crippen LogP contribution in [0.1, 0.15) is 52.4 Å². The number of ether oxygens (including phenoxy) is 1. The molecular weight excluding hydrogens is 220 g/mol. The number of carbonyl (C=O) groups is 2. The minimum absolute atomic E-state index is 0.131. The van der Waals surface area contributed by atoms with Gasteiger partial charge in [-0.1, -0.05) is 32.8 Å². The lowest BCUT2D eigenvalue weighted by Crippen LogP contribution is -2.16. The minimum Gasteiger partial charge on any atom is -0.478 e. The third-order valence-electron chi connectivity index (χ3n) is 2.46. The second-order valence-electron chi connectivity index (χ2n) is 4.24. The fraction of sp³-hybridized carbons (Fsp3) is 0.692. The molecule has 0 saturated heterocycles. The molecule has 0 aliphatic heterocycles. The van der Waals surface area contributed by atoms with E-state index >= 15 is 0 Å². The number of unbranched alkanes of at least 4 members (excludes halogenated alkanes) is 3. The summed E-state index contributed by atoms with van der Waals surface area (Å²) in [6.07, 6.45) is 4.96. The van der Waals surface area contributed by atoms with Crippen LogP contribution in [0.15, 0.2) is 12.2 Å². The summed E-state index contributed by atoms with van der Waals surface area (Å²) in [6, 6.07) is 0. The summed E-state index contributed by atoms with van der Waals surface area (Å²) in [5.41, 5.74) is -0.131. The Hall–Kier alpha value is -1.32. The number of hydrogen-bond acceptors (Lipinski definition) is 3. The maximum absolute atomic E-state index is 11.3. The summed E-state index contributed by atoms with van der Waals surface area (Å²) in [7, 11) is 0. The third-order valence-corrected chi connectivity index (χ3v) is 2.46. The van der Waals surface area contributed by atoms with Crippen LogP contribution >= 0.6 is 0 Å². The number of rotatable bonds is 9. The van der Waals surface area contributed by atoms with E-state index in [1.807, 2.05) is 6.92 Å². The van der Waals surface area contributed by atoms with Gasteiger partial charge in [0, 0.05) is 5.57 Å². The number of esters is 1. The molecule has 0 aliphatic rings. The fourth-order valence-corrected chi connectivity index (χ4v) is 1.43. The first-order valence-electron chi connectivity index (χ1n) is 6.08. The average molecular weight is 242 g/mol. The first-order chi connectivity index (χ1) is 7.97. The molecule has 0 rings (SSSR count).